The Morgan fingerprint density at radius 3 is 2.50 bits per heavy atom. The van der Waals surface area contributed by atoms with Crippen molar-refractivity contribution in [1.29, 1.82) is 0 Å². The average Bonchev–Trinajstić information content (AvgIpc) is 2.65. The molecule has 0 aliphatic heterocycles. The van der Waals surface area contributed by atoms with Crippen LogP contribution in [0.4, 0.5) is 0 Å². The molecule has 26 heavy (non-hydrogen) atoms. The highest BCUT2D eigenvalue weighted by molar-refractivity contribution is 6.16. The predicted octanol–water partition coefficient (Wildman–Crippen LogP) is 6.87. The fourth-order valence-electron chi connectivity index (χ4n) is 4.98. The number of benzene rings is 1. The van der Waals surface area contributed by atoms with Crippen molar-refractivity contribution in [2.45, 2.75) is 71.0 Å². The summed E-state index contributed by atoms with van der Waals surface area (Å²) in [5, 5.41) is -0.310. The van der Waals surface area contributed by atoms with E-state index in [9.17, 15) is 0 Å². The Morgan fingerprint density at radius 2 is 1.81 bits per heavy atom. The minimum Gasteiger partial charge on any atom is -0.0958 e. The number of allylic oxidation sites excluding steroid dienone is 5. The molecule has 1 fully saturated rings. The molecule has 3 unspecified atom stereocenters. The first-order valence-corrected chi connectivity index (χ1v) is 10.2. The van der Waals surface area contributed by atoms with Gasteiger partial charge >= 0.3 is 0 Å². The molecule has 136 valence electrons. The second-order valence-electron chi connectivity index (χ2n) is 9.37. The zero-order valence-electron chi connectivity index (χ0n) is 17.0. The summed E-state index contributed by atoms with van der Waals surface area (Å²) < 4.78 is 0. The summed E-state index contributed by atoms with van der Waals surface area (Å²) in [7, 11) is 6.45. The van der Waals surface area contributed by atoms with Crippen molar-refractivity contribution < 1.29 is 0 Å². The smallest absolute Gasteiger partial charge is 0.0803 e. The molecule has 0 nitrogen and oxygen atoms in total. The first-order valence-electron chi connectivity index (χ1n) is 10.2. The van der Waals surface area contributed by atoms with Gasteiger partial charge in [0.05, 0.1) is 7.85 Å². The second kappa shape index (κ2) is 7.63. The van der Waals surface area contributed by atoms with E-state index in [0.29, 0.717) is 5.92 Å². The van der Waals surface area contributed by atoms with E-state index in [0.717, 1.165) is 30.3 Å². The molecular formula is C25H33B. The molecule has 0 N–H and O–H groups in total. The molecule has 0 spiro atoms. The van der Waals surface area contributed by atoms with Crippen molar-refractivity contribution in [2.24, 2.45) is 11.8 Å². The topological polar surface area (TPSA) is 0 Å². The maximum Gasteiger partial charge on any atom is 0.0803 e. The lowest BCUT2D eigenvalue weighted by molar-refractivity contribution is 0.268. The van der Waals surface area contributed by atoms with E-state index in [2.05, 4.69) is 70.7 Å². The summed E-state index contributed by atoms with van der Waals surface area (Å²) in [6.07, 6.45) is 12.4. The third kappa shape index (κ3) is 4.81. The zero-order valence-corrected chi connectivity index (χ0v) is 17.0. The molecule has 2 aliphatic carbocycles. The van der Waals surface area contributed by atoms with Crippen LogP contribution in [0.25, 0.3) is 0 Å². The minimum atomic E-state index is -0.310. The SMILES string of the molecule is [B]C1(C)C=C(Cc2cc(C3CC(C)CC(C)C3)ccc2C)C=CC(=C)C1. The third-order valence-corrected chi connectivity index (χ3v) is 6.07. The van der Waals surface area contributed by atoms with Crippen LogP contribution in [0.1, 0.15) is 69.1 Å². The average molecular weight is 344 g/mol. The first kappa shape index (κ1) is 19.3. The van der Waals surface area contributed by atoms with Crippen molar-refractivity contribution in [3.8, 4) is 0 Å². The fraction of sp³-hybridized carbons (Fsp3) is 0.520. The van der Waals surface area contributed by atoms with Crippen molar-refractivity contribution in [1.82, 2.24) is 0 Å². The molecule has 0 heterocycles. The lowest BCUT2D eigenvalue weighted by atomic mass is 9.66. The standard InChI is InChI=1S/C25H33B/c1-17-6-8-21(16-25(5,26)15-17)13-23-14-22(9-7-20(23)4)24-11-18(2)10-19(3)12-24/h6-9,14,16,18-19,24H,1,10-13,15H2,2-5H3. The van der Waals surface area contributed by atoms with Crippen LogP contribution in [0.15, 0.2) is 54.2 Å². The Hall–Kier alpha value is -1.50. The van der Waals surface area contributed by atoms with Crippen molar-refractivity contribution in [3.63, 3.8) is 0 Å². The molecule has 0 amide bonds. The van der Waals surface area contributed by atoms with E-state index < -0.39 is 0 Å². The van der Waals surface area contributed by atoms with Gasteiger partial charge in [0.15, 0.2) is 0 Å². The molecule has 1 saturated carbocycles. The number of rotatable bonds is 3. The van der Waals surface area contributed by atoms with Crippen LogP contribution >= 0.6 is 0 Å². The molecular weight excluding hydrogens is 311 g/mol. The van der Waals surface area contributed by atoms with E-state index in [-0.39, 0.29) is 5.31 Å². The molecule has 0 bridgehead atoms. The molecule has 2 aliphatic rings. The fourth-order valence-corrected chi connectivity index (χ4v) is 4.98. The number of aryl methyl sites for hydroxylation is 1. The van der Waals surface area contributed by atoms with Gasteiger partial charge in [-0.25, -0.2) is 0 Å². The highest BCUT2D eigenvalue weighted by atomic mass is 14.3. The summed E-state index contributed by atoms with van der Waals surface area (Å²) in [4.78, 5) is 0. The van der Waals surface area contributed by atoms with Gasteiger partial charge < -0.3 is 0 Å². The van der Waals surface area contributed by atoms with Crippen LogP contribution in [0.5, 0.6) is 0 Å². The highest BCUT2D eigenvalue weighted by Crippen LogP contribution is 2.40. The van der Waals surface area contributed by atoms with Crippen molar-refractivity contribution in [3.05, 3.63) is 70.8 Å². The Balaban J connectivity index is 1.85. The zero-order chi connectivity index (χ0) is 18.9. The molecule has 0 saturated heterocycles. The summed E-state index contributed by atoms with van der Waals surface area (Å²) in [6.45, 7) is 13.3. The van der Waals surface area contributed by atoms with Crippen molar-refractivity contribution >= 4 is 7.85 Å². The van der Waals surface area contributed by atoms with Gasteiger partial charge in [0.1, 0.15) is 0 Å². The first-order chi connectivity index (χ1) is 12.2. The van der Waals surface area contributed by atoms with Crippen molar-refractivity contribution in [2.75, 3.05) is 0 Å². The van der Waals surface area contributed by atoms with Gasteiger partial charge in [-0.2, -0.15) is 0 Å². The Kier molecular flexibility index (Phi) is 5.65. The van der Waals surface area contributed by atoms with Gasteiger partial charge in [0.25, 0.3) is 0 Å². The van der Waals surface area contributed by atoms with Crippen LogP contribution in [0.3, 0.4) is 0 Å². The van der Waals surface area contributed by atoms with Gasteiger partial charge in [-0.3, -0.25) is 0 Å². The van der Waals surface area contributed by atoms with Gasteiger partial charge in [0, 0.05) is 0 Å². The summed E-state index contributed by atoms with van der Waals surface area (Å²) >= 11 is 0. The molecule has 3 rings (SSSR count). The van der Waals surface area contributed by atoms with Crippen LogP contribution in [-0.4, -0.2) is 7.85 Å². The summed E-state index contributed by atoms with van der Waals surface area (Å²) in [6, 6.07) is 7.14. The van der Waals surface area contributed by atoms with Crippen LogP contribution in [0, 0.1) is 18.8 Å². The van der Waals surface area contributed by atoms with Gasteiger partial charge in [-0.15, -0.1) is 0 Å². The van der Waals surface area contributed by atoms with Gasteiger partial charge in [0.2, 0.25) is 0 Å². The normalized spacial score (nSPS) is 32.2. The Labute approximate surface area is 161 Å². The summed E-state index contributed by atoms with van der Waals surface area (Å²) in [5.41, 5.74) is 6.76. The minimum absolute atomic E-state index is 0.310. The Morgan fingerprint density at radius 1 is 1.12 bits per heavy atom. The number of hydrogen-bond acceptors (Lipinski definition) is 0. The largest absolute Gasteiger partial charge is 0.0958 e. The predicted molar refractivity (Wildman–Crippen MR) is 115 cm³/mol. The van der Waals surface area contributed by atoms with E-state index >= 15 is 0 Å². The lowest BCUT2D eigenvalue weighted by Crippen LogP contribution is -2.18. The van der Waals surface area contributed by atoms with Gasteiger partial charge in [-0.05, 0) is 84.4 Å². The lowest BCUT2D eigenvalue weighted by Gasteiger charge is -2.32. The summed E-state index contributed by atoms with van der Waals surface area (Å²) in [5.74, 6) is 2.39. The van der Waals surface area contributed by atoms with E-state index in [4.69, 9.17) is 7.85 Å². The third-order valence-electron chi connectivity index (χ3n) is 6.07. The van der Waals surface area contributed by atoms with E-state index in [1.807, 2.05) is 0 Å². The molecule has 2 radical (unpaired) electrons. The molecule has 3 atom stereocenters. The van der Waals surface area contributed by atoms with E-state index in [1.54, 1.807) is 0 Å². The van der Waals surface area contributed by atoms with Crippen LogP contribution in [0.2, 0.25) is 5.31 Å². The maximum absolute atomic E-state index is 6.45. The van der Waals surface area contributed by atoms with E-state index in [1.165, 1.54) is 41.5 Å². The number of hydrogen-bond donors (Lipinski definition) is 0. The monoisotopic (exact) mass is 344 g/mol. The molecule has 1 aromatic carbocycles. The maximum atomic E-state index is 6.45. The van der Waals surface area contributed by atoms with Crippen LogP contribution in [-0.2, 0) is 6.42 Å². The highest BCUT2D eigenvalue weighted by Gasteiger charge is 2.25. The van der Waals surface area contributed by atoms with Gasteiger partial charge in [-0.1, -0.05) is 69.4 Å². The quantitative estimate of drug-likeness (QED) is 0.525. The van der Waals surface area contributed by atoms with Crippen LogP contribution < -0.4 is 0 Å². The second-order valence-corrected chi connectivity index (χ2v) is 9.37. The molecule has 0 aromatic heterocycles. The molecule has 1 heteroatoms. The Bertz CT molecular complexity index is 725. The molecule has 1 aromatic rings.